The van der Waals surface area contributed by atoms with Gasteiger partial charge in [0.2, 0.25) is 5.91 Å². The number of carbonyl (C=O) groups is 2. The monoisotopic (exact) mass is 454 g/mol. The molecule has 0 fully saturated rings. The number of benzene rings is 2. The topological polar surface area (TPSA) is 58.6 Å². The predicted octanol–water partition coefficient (Wildman–Crippen LogP) is 4.76. The maximum atomic E-state index is 14.1. The van der Waals surface area contributed by atoms with Crippen LogP contribution in [-0.4, -0.2) is 35.7 Å². The van der Waals surface area contributed by atoms with E-state index in [4.69, 9.17) is 4.74 Å². The molecule has 32 heavy (non-hydrogen) atoms. The van der Waals surface area contributed by atoms with E-state index in [0.29, 0.717) is 23.8 Å². The van der Waals surface area contributed by atoms with Crippen LogP contribution in [0.25, 0.3) is 5.57 Å². The molecule has 1 aliphatic heterocycles. The van der Waals surface area contributed by atoms with Crippen LogP contribution in [0.5, 0.6) is 0 Å². The molecule has 0 radical (unpaired) electrons. The first kappa shape index (κ1) is 23.2. The Kier molecular flexibility index (Phi) is 6.25. The molecule has 0 atom stereocenters. The van der Waals surface area contributed by atoms with E-state index in [0.717, 1.165) is 4.90 Å². The van der Waals surface area contributed by atoms with Crippen molar-refractivity contribution in [3.63, 3.8) is 0 Å². The van der Waals surface area contributed by atoms with Crippen molar-refractivity contribution in [2.45, 2.75) is 25.6 Å². The zero-order valence-electron chi connectivity index (χ0n) is 17.1. The number of carbonyl (C=O) groups excluding carboxylic acids is 2. The molecule has 3 rings (SSSR count). The fraction of sp³-hybridized carbons (Fsp3) is 0.273. The standard InChI is InChI=1S/C22H19F5N2O3/c1-21(2,20(31)28-16-10-14(22(25,26)27)8-9-15(16)24)29-12-32-17(11-23)18(19(29)30)13-6-4-3-5-7-13/h3-10H,11-12H2,1-2H3,(H,28,31). The zero-order valence-corrected chi connectivity index (χ0v) is 17.1. The summed E-state index contributed by atoms with van der Waals surface area (Å²) in [7, 11) is 0. The summed E-state index contributed by atoms with van der Waals surface area (Å²) in [5.41, 5.74) is -3.22. The molecule has 1 aliphatic rings. The summed E-state index contributed by atoms with van der Waals surface area (Å²) in [6.45, 7) is 1.11. The number of amides is 2. The van der Waals surface area contributed by atoms with E-state index in [1.807, 2.05) is 0 Å². The minimum Gasteiger partial charge on any atom is -0.474 e. The molecule has 0 spiro atoms. The molecule has 1 N–H and O–H groups in total. The van der Waals surface area contributed by atoms with Gasteiger partial charge in [-0.1, -0.05) is 30.3 Å². The van der Waals surface area contributed by atoms with Crippen LogP contribution in [0.15, 0.2) is 54.3 Å². The molecule has 2 aromatic rings. The molecule has 2 amide bonds. The van der Waals surface area contributed by atoms with Crippen molar-refractivity contribution in [1.82, 2.24) is 4.90 Å². The van der Waals surface area contributed by atoms with Gasteiger partial charge in [0.25, 0.3) is 5.91 Å². The van der Waals surface area contributed by atoms with Crippen molar-refractivity contribution in [1.29, 1.82) is 0 Å². The highest BCUT2D eigenvalue weighted by atomic mass is 19.4. The highest BCUT2D eigenvalue weighted by Gasteiger charge is 2.43. The van der Waals surface area contributed by atoms with Crippen LogP contribution in [0.4, 0.5) is 27.6 Å². The Morgan fingerprint density at radius 1 is 1.12 bits per heavy atom. The predicted molar refractivity (Wildman–Crippen MR) is 106 cm³/mol. The molecule has 0 aliphatic carbocycles. The fourth-order valence-corrected chi connectivity index (χ4v) is 3.13. The SMILES string of the molecule is CC(C)(C(=O)Nc1cc(C(F)(F)F)ccc1F)N1COC(CF)=C(c2ccccc2)C1=O. The lowest BCUT2D eigenvalue weighted by molar-refractivity contribution is -0.147. The van der Waals surface area contributed by atoms with Gasteiger partial charge in [-0.25, -0.2) is 8.78 Å². The Hall–Kier alpha value is -3.43. The van der Waals surface area contributed by atoms with Crippen molar-refractivity contribution >= 4 is 23.1 Å². The lowest BCUT2D eigenvalue weighted by atomic mass is 9.96. The number of rotatable bonds is 5. The van der Waals surface area contributed by atoms with Crippen LogP contribution < -0.4 is 5.32 Å². The zero-order chi connectivity index (χ0) is 23.7. The molecule has 2 aromatic carbocycles. The van der Waals surface area contributed by atoms with E-state index >= 15 is 0 Å². The normalized spacial score (nSPS) is 15.0. The van der Waals surface area contributed by atoms with Crippen LogP contribution in [0, 0.1) is 5.82 Å². The fourth-order valence-electron chi connectivity index (χ4n) is 3.13. The molecule has 0 saturated heterocycles. The van der Waals surface area contributed by atoms with Gasteiger partial charge in [-0.2, -0.15) is 13.2 Å². The molecule has 0 saturated carbocycles. The van der Waals surface area contributed by atoms with E-state index in [-0.39, 0.29) is 11.3 Å². The van der Waals surface area contributed by atoms with E-state index < -0.39 is 54.0 Å². The second-order valence-electron chi connectivity index (χ2n) is 7.51. The Bertz CT molecular complexity index is 1060. The lowest BCUT2D eigenvalue weighted by Crippen LogP contribution is -2.57. The number of ether oxygens (including phenoxy) is 1. The van der Waals surface area contributed by atoms with Gasteiger partial charge >= 0.3 is 6.18 Å². The molecule has 0 bridgehead atoms. The van der Waals surface area contributed by atoms with Gasteiger partial charge in [-0.05, 0) is 37.6 Å². The third-order valence-electron chi connectivity index (χ3n) is 5.06. The van der Waals surface area contributed by atoms with Gasteiger partial charge in [0.1, 0.15) is 23.8 Å². The Balaban J connectivity index is 1.90. The first-order chi connectivity index (χ1) is 15.0. The van der Waals surface area contributed by atoms with Crippen LogP contribution >= 0.6 is 0 Å². The van der Waals surface area contributed by atoms with Gasteiger partial charge < -0.3 is 10.1 Å². The van der Waals surface area contributed by atoms with E-state index in [1.54, 1.807) is 30.3 Å². The number of nitrogens with zero attached hydrogens (tertiary/aromatic N) is 1. The summed E-state index contributed by atoms with van der Waals surface area (Å²) in [5.74, 6) is -2.94. The molecule has 1 heterocycles. The minimum absolute atomic E-state index is 0.0783. The lowest BCUT2D eigenvalue weighted by Gasteiger charge is -2.40. The molecule has 10 heteroatoms. The number of alkyl halides is 4. The van der Waals surface area contributed by atoms with E-state index in [1.165, 1.54) is 13.8 Å². The van der Waals surface area contributed by atoms with Gasteiger partial charge in [-0.3, -0.25) is 14.5 Å². The number of nitrogens with one attached hydrogen (secondary N) is 1. The largest absolute Gasteiger partial charge is 0.474 e. The number of hydrogen-bond acceptors (Lipinski definition) is 3. The van der Waals surface area contributed by atoms with Crippen molar-refractivity contribution in [2.24, 2.45) is 0 Å². The average Bonchev–Trinajstić information content (AvgIpc) is 2.74. The van der Waals surface area contributed by atoms with Gasteiger partial charge in [0.15, 0.2) is 6.73 Å². The molecule has 0 aromatic heterocycles. The molecule has 170 valence electrons. The third kappa shape index (κ3) is 4.44. The van der Waals surface area contributed by atoms with Gasteiger partial charge in [-0.15, -0.1) is 0 Å². The number of allylic oxidation sites excluding steroid dienone is 1. The Morgan fingerprint density at radius 3 is 2.38 bits per heavy atom. The van der Waals surface area contributed by atoms with Crippen molar-refractivity contribution < 1.29 is 36.3 Å². The summed E-state index contributed by atoms with van der Waals surface area (Å²) in [6, 6.07) is 9.72. The molecule has 5 nitrogen and oxygen atoms in total. The molecule has 0 unspecified atom stereocenters. The van der Waals surface area contributed by atoms with Gasteiger partial charge in [0.05, 0.1) is 16.8 Å². The average molecular weight is 454 g/mol. The molecular formula is C22H19F5N2O3. The van der Waals surface area contributed by atoms with E-state index in [9.17, 15) is 31.5 Å². The van der Waals surface area contributed by atoms with Crippen LogP contribution in [0.1, 0.15) is 25.0 Å². The number of anilines is 1. The summed E-state index contributed by atoms with van der Waals surface area (Å²) >= 11 is 0. The van der Waals surface area contributed by atoms with Crippen molar-refractivity contribution in [3.05, 3.63) is 71.2 Å². The van der Waals surface area contributed by atoms with Crippen LogP contribution in [0.2, 0.25) is 0 Å². The maximum Gasteiger partial charge on any atom is 0.416 e. The number of hydrogen-bond donors (Lipinski definition) is 1. The third-order valence-corrected chi connectivity index (χ3v) is 5.06. The van der Waals surface area contributed by atoms with Gasteiger partial charge in [0, 0.05) is 0 Å². The summed E-state index contributed by atoms with van der Waals surface area (Å²) in [5, 5.41) is 2.11. The smallest absolute Gasteiger partial charge is 0.416 e. The second-order valence-corrected chi connectivity index (χ2v) is 7.51. The first-order valence-electron chi connectivity index (χ1n) is 9.44. The Labute approximate surface area is 180 Å². The summed E-state index contributed by atoms with van der Waals surface area (Å²) < 4.78 is 71.7. The van der Waals surface area contributed by atoms with Crippen molar-refractivity contribution in [2.75, 3.05) is 18.7 Å². The molecular weight excluding hydrogens is 435 g/mol. The summed E-state index contributed by atoms with van der Waals surface area (Å²) in [6.07, 6.45) is -4.74. The van der Waals surface area contributed by atoms with Crippen LogP contribution in [-0.2, 0) is 20.5 Å². The second kappa shape index (κ2) is 8.60. The Morgan fingerprint density at radius 2 is 1.78 bits per heavy atom. The highest BCUT2D eigenvalue weighted by Crippen LogP contribution is 2.34. The maximum absolute atomic E-state index is 14.1. The quantitative estimate of drug-likeness (QED) is 0.663. The summed E-state index contributed by atoms with van der Waals surface area (Å²) in [4.78, 5) is 27.1. The highest BCUT2D eigenvalue weighted by molar-refractivity contribution is 6.22. The first-order valence-corrected chi connectivity index (χ1v) is 9.44. The number of halogens is 5. The minimum atomic E-state index is -4.74. The van der Waals surface area contributed by atoms with Crippen molar-refractivity contribution in [3.8, 4) is 0 Å². The van der Waals surface area contributed by atoms with E-state index in [2.05, 4.69) is 5.32 Å². The van der Waals surface area contributed by atoms with Crippen LogP contribution in [0.3, 0.4) is 0 Å².